The van der Waals surface area contributed by atoms with E-state index in [1.165, 1.54) is 5.56 Å². The molecule has 0 saturated carbocycles. The number of carbonyl (C=O) groups is 2. The molecule has 0 aromatic heterocycles. The van der Waals surface area contributed by atoms with Gasteiger partial charge in [-0.25, -0.2) is 0 Å². The van der Waals surface area contributed by atoms with E-state index in [2.05, 4.69) is 29.4 Å². The third-order valence-electron chi connectivity index (χ3n) is 4.77. The molecule has 1 aromatic carbocycles. The van der Waals surface area contributed by atoms with Gasteiger partial charge in [0.15, 0.2) is 0 Å². The van der Waals surface area contributed by atoms with Crippen LogP contribution in [0.5, 0.6) is 0 Å². The van der Waals surface area contributed by atoms with Crippen molar-refractivity contribution in [1.29, 1.82) is 0 Å². The molecule has 6 heteroatoms. The zero-order chi connectivity index (χ0) is 19.8. The van der Waals surface area contributed by atoms with Gasteiger partial charge in [-0.1, -0.05) is 19.1 Å². The molecule has 2 amide bonds. The Morgan fingerprint density at radius 3 is 2.41 bits per heavy atom. The number of hydrogen-bond donors (Lipinski definition) is 2. The summed E-state index contributed by atoms with van der Waals surface area (Å²) in [5.74, 6) is -0.180. The molecule has 1 heterocycles. The first-order valence-electron chi connectivity index (χ1n) is 9.91. The number of ether oxygens (including phenoxy) is 1. The largest absolute Gasteiger partial charge is 0.373 e. The third kappa shape index (κ3) is 7.31. The lowest BCUT2D eigenvalue weighted by Crippen LogP contribution is -2.44. The van der Waals surface area contributed by atoms with Crippen molar-refractivity contribution >= 4 is 11.8 Å². The zero-order valence-corrected chi connectivity index (χ0v) is 17.0. The molecule has 1 aliphatic heterocycles. The van der Waals surface area contributed by atoms with Gasteiger partial charge in [0, 0.05) is 44.2 Å². The fraction of sp³-hybridized carbons (Fsp3) is 0.619. The van der Waals surface area contributed by atoms with Crippen molar-refractivity contribution in [3.8, 4) is 0 Å². The molecule has 1 saturated heterocycles. The molecule has 0 radical (unpaired) electrons. The normalized spacial score (nSPS) is 21.5. The highest BCUT2D eigenvalue weighted by molar-refractivity contribution is 5.94. The van der Waals surface area contributed by atoms with E-state index in [9.17, 15) is 9.59 Å². The minimum absolute atomic E-state index is 0.0334. The molecule has 0 aliphatic carbocycles. The Bertz CT molecular complexity index is 608. The van der Waals surface area contributed by atoms with Crippen LogP contribution in [-0.4, -0.2) is 54.6 Å². The summed E-state index contributed by atoms with van der Waals surface area (Å²) < 4.78 is 5.76. The second-order valence-corrected chi connectivity index (χ2v) is 7.53. The quantitative estimate of drug-likeness (QED) is 0.732. The van der Waals surface area contributed by atoms with Gasteiger partial charge in [0.1, 0.15) is 0 Å². The predicted molar refractivity (Wildman–Crippen MR) is 107 cm³/mol. The molecule has 1 aromatic rings. The molecule has 1 fully saturated rings. The maximum Gasteiger partial charge on any atom is 0.251 e. The number of benzene rings is 1. The Hall–Kier alpha value is -1.92. The first-order valence-corrected chi connectivity index (χ1v) is 9.91. The Labute approximate surface area is 162 Å². The number of nitrogens with one attached hydrogen (secondary N) is 2. The molecule has 3 atom stereocenters. The number of amides is 2. The van der Waals surface area contributed by atoms with E-state index in [0.29, 0.717) is 18.5 Å². The molecule has 27 heavy (non-hydrogen) atoms. The van der Waals surface area contributed by atoms with Crippen molar-refractivity contribution in [2.45, 2.75) is 65.3 Å². The summed E-state index contributed by atoms with van der Waals surface area (Å²) in [5.41, 5.74) is 1.80. The van der Waals surface area contributed by atoms with Crippen molar-refractivity contribution in [3.05, 3.63) is 35.4 Å². The molecule has 150 valence electrons. The fourth-order valence-electron chi connectivity index (χ4n) is 3.27. The average Bonchev–Trinajstić information content (AvgIpc) is 2.61. The first-order chi connectivity index (χ1) is 12.9. The van der Waals surface area contributed by atoms with E-state index in [0.717, 1.165) is 26.1 Å². The number of hydrogen-bond acceptors (Lipinski definition) is 4. The van der Waals surface area contributed by atoms with Gasteiger partial charge in [-0.15, -0.1) is 0 Å². The van der Waals surface area contributed by atoms with Crippen molar-refractivity contribution < 1.29 is 14.3 Å². The molecule has 1 aliphatic rings. The van der Waals surface area contributed by atoms with Crippen LogP contribution in [0.3, 0.4) is 0 Å². The summed E-state index contributed by atoms with van der Waals surface area (Å²) in [4.78, 5) is 26.3. The highest BCUT2D eigenvalue weighted by Crippen LogP contribution is 2.14. The molecule has 0 spiro atoms. The Morgan fingerprint density at radius 2 is 1.81 bits per heavy atom. The molecular weight excluding hydrogens is 342 g/mol. The molecule has 2 N–H and O–H groups in total. The van der Waals surface area contributed by atoms with Crippen LogP contribution in [0, 0.1) is 0 Å². The van der Waals surface area contributed by atoms with Crippen molar-refractivity contribution in [2.24, 2.45) is 0 Å². The van der Waals surface area contributed by atoms with Crippen LogP contribution >= 0.6 is 0 Å². The van der Waals surface area contributed by atoms with Gasteiger partial charge in [-0.3, -0.25) is 14.5 Å². The minimum atomic E-state index is -0.147. The van der Waals surface area contributed by atoms with Crippen LogP contribution in [0.15, 0.2) is 24.3 Å². The molecule has 0 bridgehead atoms. The summed E-state index contributed by atoms with van der Waals surface area (Å²) in [6.45, 7) is 11.2. The van der Waals surface area contributed by atoms with Crippen LogP contribution < -0.4 is 10.6 Å². The summed E-state index contributed by atoms with van der Waals surface area (Å²) in [6.07, 6.45) is 1.68. The summed E-state index contributed by atoms with van der Waals surface area (Å²) >= 11 is 0. The predicted octanol–water partition coefficient (Wildman–Crippen LogP) is 2.33. The van der Waals surface area contributed by atoms with E-state index in [1.54, 1.807) is 0 Å². The monoisotopic (exact) mass is 375 g/mol. The van der Waals surface area contributed by atoms with Crippen LogP contribution in [-0.2, 0) is 16.1 Å². The smallest absolute Gasteiger partial charge is 0.251 e. The lowest BCUT2D eigenvalue weighted by molar-refractivity contribution is -0.121. The van der Waals surface area contributed by atoms with Gasteiger partial charge >= 0.3 is 0 Å². The Kier molecular flexibility index (Phi) is 8.25. The van der Waals surface area contributed by atoms with Crippen LogP contribution in [0.2, 0.25) is 0 Å². The Morgan fingerprint density at radius 1 is 1.19 bits per heavy atom. The standard InChI is InChI=1S/C21H33N3O3/c1-5-15(2)23-20(25)10-11-22-21(26)19-8-6-18(7-9-19)14-24-12-16(3)27-17(4)13-24/h6-9,15-17H,5,10-14H2,1-4H3,(H,22,26)(H,23,25). The summed E-state index contributed by atoms with van der Waals surface area (Å²) in [5, 5.41) is 5.70. The van der Waals surface area contributed by atoms with E-state index in [4.69, 9.17) is 4.74 Å². The van der Waals surface area contributed by atoms with Gasteiger partial charge in [0.05, 0.1) is 12.2 Å². The van der Waals surface area contributed by atoms with E-state index < -0.39 is 0 Å². The molecule has 6 nitrogen and oxygen atoms in total. The molecule has 3 unspecified atom stereocenters. The Balaban J connectivity index is 1.77. The minimum Gasteiger partial charge on any atom is -0.373 e. The summed E-state index contributed by atoms with van der Waals surface area (Å²) in [6, 6.07) is 7.84. The maximum atomic E-state index is 12.2. The lowest BCUT2D eigenvalue weighted by Gasteiger charge is -2.35. The van der Waals surface area contributed by atoms with E-state index in [-0.39, 0.29) is 30.1 Å². The van der Waals surface area contributed by atoms with Crippen molar-refractivity contribution in [3.63, 3.8) is 0 Å². The van der Waals surface area contributed by atoms with E-state index in [1.807, 2.05) is 38.1 Å². The second-order valence-electron chi connectivity index (χ2n) is 7.53. The fourth-order valence-corrected chi connectivity index (χ4v) is 3.27. The third-order valence-corrected chi connectivity index (χ3v) is 4.77. The van der Waals surface area contributed by atoms with E-state index >= 15 is 0 Å². The zero-order valence-electron chi connectivity index (χ0n) is 17.0. The van der Waals surface area contributed by atoms with Gasteiger partial charge in [-0.05, 0) is 44.9 Å². The van der Waals surface area contributed by atoms with Crippen LogP contribution in [0.4, 0.5) is 0 Å². The number of morpholine rings is 1. The number of carbonyl (C=O) groups excluding carboxylic acids is 2. The van der Waals surface area contributed by atoms with Gasteiger partial charge in [0.25, 0.3) is 5.91 Å². The summed E-state index contributed by atoms with van der Waals surface area (Å²) in [7, 11) is 0. The van der Waals surface area contributed by atoms with Crippen molar-refractivity contribution in [1.82, 2.24) is 15.5 Å². The van der Waals surface area contributed by atoms with Gasteiger partial charge in [-0.2, -0.15) is 0 Å². The van der Waals surface area contributed by atoms with Gasteiger partial charge < -0.3 is 15.4 Å². The highest BCUT2D eigenvalue weighted by atomic mass is 16.5. The molecule has 2 rings (SSSR count). The maximum absolute atomic E-state index is 12.2. The first kappa shape index (κ1) is 21.4. The SMILES string of the molecule is CCC(C)NC(=O)CCNC(=O)c1ccc(CN2CC(C)OC(C)C2)cc1. The number of nitrogens with zero attached hydrogens (tertiary/aromatic N) is 1. The topological polar surface area (TPSA) is 70.7 Å². The van der Waals surface area contributed by atoms with Crippen molar-refractivity contribution in [2.75, 3.05) is 19.6 Å². The second kappa shape index (κ2) is 10.4. The average molecular weight is 376 g/mol. The van der Waals surface area contributed by atoms with Crippen LogP contribution in [0.25, 0.3) is 0 Å². The highest BCUT2D eigenvalue weighted by Gasteiger charge is 2.22. The lowest BCUT2D eigenvalue weighted by atomic mass is 10.1. The van der Waals surface area contributed by atoms with Gasteiger partial charge in [0.2, 0.25) is 5.91 Å². The van der Waals surface area contributed by atoms with Crippen LogP contribution in [0.1, 0.15) is 56.5 Å². The molecular formula is C21H33N3O3. The number of rotatable bonds is 8.